The SMILES string of the molecule is CC(=O)N(C)CC(=O)N1CCN(c2cccc(C)c2C)CC1. The smallest absolute Gasteiger partial charge is 0.242 e. The molecule has 1 heterocycles. The van der Waals surface area contributed by atoms with Crippen molar-refractivity contribution in [3.63, 3.8) is 0 Å². The molecular weight excluding hydrogens is 278 g/mol. The molecule has 0 spiro atoms. The Morgan fingerprint density at radius 1 is 1.14 bits per heavy atom. The van der Waals surface area contributed by atoms with Crippen LogP contribution < -0.4 is 4.90 Å². The molecule has 0 bridgehead atoms. The van der Waals surface area contributed by atoms with Crippen LogP contribution in [0.3, 0.4) is 0 Å². The molecule has 1 aliphatic rings. The van der Waals surface area contributed by atoms with E-state index in [-0.39, 0.29) is 18.4 Å². The van der Waals surface area contributed by atoms with E-state index in [2.05, 4.69) is 36.9 Å². The average Bonchev–Trinajstić information content (AvgIpc) is 2.50. The van der Waals surface area contributed by atoms with Crippen LogP contribution in [-0.2, 0) is 9.59 Å². The van der Waals surface area contributed by atoms with E-state index in [1.54, 1.807) is 7.05 Å². The number of anilines is 1. The summed E-state index contributed by atoms with van der Waals surface area (Å²) in [5.74, 6) is -0.0549. The first kappa shape index (κ1) is 16.3. The topological polar surface area (TPSA) is 43.9 Å². The van der Waals surface area contributed by atoms with Crippen LogP contribution in [0.15, 0.2) is 18.2 Å². The number of amides is 2. The van der Waals surface area contributed by atoms with Gasteiger partial charge in [-0.1, -0.05) is 12.1 Å². The van der Waals surface area contributed by atoms with Crippen LogP contribution in [0.4, 0.5) is 5.69 Å². The molecule has 2 amide bonds. The van der Waals surface area contributed by atoms with E-state index >= 15 is 0 Å². The zero-order valence-electron chi connectivity index (χ0n) is 13.9. The van der Waals surface area contributed by atoms with Gasteiger partial charge in [-0.25, -0.2) is 0 Å². The van der Waals surface area contributed by atoms with Gasteiger partial charge in [0.25, 0.3) is 0 Å². The van der Waals surface area contributed by atoms with Crippen molar-refractivity contribution in [3.8, 4) is 0 Å². The van der Waals surface area contributed by atoms with E-state index in [0.29, 0.717) is 13.1 Å². The van der Waals surface area contributed by atoms with Gasteiger partial charge in [-0.3, -0.25) is 9.59 Å². The molecule has 0 aromatic heterocycles. The summed E-state index contributed by atoms with van der Waals surface area (Å²) >= 11 is 0. The molecule has 1 saturated heterocycles. The lowest BCUT2D eigenvalue weighted by Gasteiger charge is -2.37. The third kappa shape index (κ3) is 3.59. The summed E-state index contributed by atoms with van der Waals surface area (Å²) in [6.07, 6.45) is 0. The van der Waals surface area contributed by atoms with Gasteiger partial charge in [0.1, 0.15) is 0 Å². The summed E-state index contributed by atoms with van der Waals surface area (Å²) in [7, 11) is 1.66. The summed E-state index contributed by atoms with van der Waals surface area (Å²) in [4.78, 5) is 29.0. The molecule has 0 atom stereocenters. The Morgan fingerprint density at radius 2 is 1.77 bits per heavy atom. The van der Waals surface area contributed by atoms with Crippen LogP contribution in [0.5, 0.6) is 0 Å². The highest BCUT2D eigenvalue weighted by Crippen LogP contribution is 2.23. The molecule has 0 N–H and O–H groups in total. The molecule has 0 unspecified atom stereocenters. The minimum Gasteiger partial charge on any atom is -0.368 e. The second-order valence-corrected chi connectivity index (χ2v) is 5.96. The number of carbonyl (C=O) groups excluding carboxylic acids is 2. The van der Waals surface area contributed by atoms with Gasteiger partial charge >= 0.3 is 0 Å². The molecule has 2 rings (SSSR count). The van der Waals surface area contributed by atoms with Crippen molar-refractivity contribution in [2.45, 2.75) is 20.8 Å². The number of aryl methyl sites for hydroxylation is 1. The Morgan fingerprint density at radius 3 is 2.36 bits per heavy atom. The van der Waals surface area contributed by atoms with Crippen LogP contribution in [0.2, 0.25) is 0 Å². The Balaban J connectivity index is 1.94. The molecule has 1 fully saturated rings. The van der Waals surface area contributed by atoms with E-state index in [1.165, 1.54) is 28.6 Å². The van der Waals surface area contributed by atoms with Gasteiger partial charge < -0.3 is 14.7 Å². The lowest BCUT2D eigenvalue weighted by atomic mass is 10.1. The van der Waals surface area contributed by atoms with E-state index < -0.39 is 0 Å². The van der Waals surface area contributed by atoms with E-state index in [4.69, 9.17) is 0 Å². The highest BCUT2D eigenvalue weighted by atomic mass is 16.2. The van der Waals surface area contributed by atoms with E-state index in [0.717, 1.165) is 13.1 Å². The van der Waals surface area contributed by atoms with Gasteiger partial charge in [-0.2, -0.15) is 0 Å². The van der Waals surface area contributed by atoms with Crippen molar-refractivity contribution in [1.82, 2.24) is 9.80 Å². The summed E-state index contributed by atoms with van der Waals surface area (Å²) in [6.45, 7) is 8.99. The summed E-state index contributed by atoms with van der Waals surface area (Å²) in [5, 5.41) is 0. The molecule has 120 valence electrons. The van der Waals surface area contributed by atoms with E-state index in [9.17, 15) is 9.59 Å². The maximum absolute atomic E-state index is 12.2. The third-order valence-electron chi connectivity index (χ3n) is 4.46. The minimum absolute atomic E-state index is 0.0262. The first-order valence-corrected chi connectivity index (χ1v) is 7.70. The van der Waals surface area contributed by atoms with Crippen molar-refractivity contribution in [2.75, 3.05) is 44.7 Å². The van der Waals surface area contributed by atoms with Crippen LogP contribution >= 0.6 is 0 Å². The van der Waals surface area contributed by atoms with Gasteiger partial charge in [-0.15, -0.1) is 0 Å². The monoisotopic (exact) mass is 303 g/mol. The standard InChI is InChI=1S/C17H25N3O2/c1-13-6-5-7-16(14(13)2)19-8-10-20(11-9-19)17(22)12-18(4)15(3)21/h5-7H,8-12H2,1-4H3. The number of carbonyl (C=O) groups is 2. The Bertz CT molecular complexity index is 563. The molecule has 0 aliphatic carbocycles. The number of piperazine rings is 1. The van der Waals surface area contributed by atoms with Crippen LogP contribution in [0.25, 0.3) is 0 Å². The second kappa shape index (κ2) is 6.81. The third-order valence-corrected chi connectivity index (χ3v) is 4.46. The fourth-order valence-electron chi connectivity index (χ4n) is 2.69. The Kier molecular flexibility index (Phi) is 5.06. The molecule has 0 radical (unpaired) electrons. The van der Waals surface area contributed by atoms with Gasteiger partial charge in [0.05, 0.1) is 6.54 Å². The summed E-state index contributed by atoms with van der Waals surface area (Å²) < 4.78 is 0. The number of hydrogen-bond donors (Lipinski definition) is 0. The molecule has 1 aliphatic heterocycles. The molecule has 1 aromatic rings. The number of benzene rings is 1. The maximum Gasteiger partial charge on any atom is 0.242 e. The van der Waals surface area contributed by atoms with Gasteiger partial charge in [0.15, 0.2) is 0 Å². The van der Waals surface area contributed by atoms with Gasteiger partial charge in [-0.05, 0) is 31.0 Å². The number of hydrogen-bond acceptors (Lipinski definition) is 3. The zero-order chi connectivity index (χ0) is 16.3. The molecular formula is C17H25N3O2. The second-order valence-electron chi connectivity index (χ2n) is 5.96. The van der Waals surface area contributed by atoms with Crippen molar-refractivity contribution < 1.29 is 9.59 Å². The normalized spacial score (nSPS) is 14.9. The van der Waals surface area contributed by atoms with Crippen LogP contribution in [-0.4, -0.2) is 61.4 Å². The van der Waals surface area contributed by atoms with Crippen molar-refractivity contribution in [3.05, 3.63) is 29.3 Å². The fraction of sp³-hybridized carbons (Fsp3) is 0.529. The first-order valence-electron chi connectivity index (χ1n) is 7.70. The van der Waals surface area contributed by atoms with Gasteiger partial charge in [0.2, 0.25) is 11.8 Å². The summed E-state index contributed by atoms with van der Waals surface area (Å²) in [5.41, 5.74) is 3.85. The largest absolute Gasteiger partial charge is 0.368 e. The zero-order valence-corrected chi connectivity index (χ0v) is 13.9. The number of nitrogens with zero attached hydrogens (tertiary/aromatic N) is 3. The minimum atomic E-state index is -0.0811. The van der Waals surface area contributed by atoms with Gasteiger partial charge in [0, 0.05) is 45.8 Å². The Hall–Kier alpha value is -2.04. The highest BCUT2D eigenvalue weighted by Gasteiger charge is 2.23. The van der Waals surface area contributed by atoms with Crippen molar-refractivity contribution in [2.24, 2.45) is 0 Å². The number of likely N-dealkylation sites (N-methyl/N-ethyl adjacent to an activating group) is 1. The predicted octanol–water partition coefficient (Wildman–Crippen LogP) is 1.43. The van der Waals surface area contributed by atoms with Crippen LogP contribution in [0.1, 0.15) is 18.1 Å². The van der Waals surface area contributed by atoms with Crippen molar-refractivity contribution >= 4 is 17.5 Å². The first-order chi connectivity index (χ1) is 10.4. The fourth-order valence-corrected chi connectivity index (χ4v) is 2.69. The quantitative estimate of drug-likeness (QED) is 0.848. The summed E-state index contributed by atoms with van der Waals surface area (Å²) in [6, 6.07) is 6.34. The molecule has 5 nitrogen and oxygen atoms in total. The van der Waals surface area contributed by atoms with Crippen molar-refractivity contribution in [1.29, 1.82) is 0 Å². The van der Waals surface area contributed by atoms with E-state index in [1.807, 2.05) is 4.90 Å². The average molecular weight is 303 g/mol. The molecule has 5 heteroatoms. The lowest BCUT2D eigenvalue weighted by molar-refractivity contribution is -0.138. The molecule has 22 heavy (non-hydrogen) atoms. The highest BCUT2D eigenvalue weighted by molar-refractivity contribution is 5.83. The molecule has 0 saturated carbocycles. The van der Waals surface area contributed by atoms with Crippen LogP contribution in [0, 0.1) is 13.8 Å². The lowest BCUT2D eigenvalue weighted by Crippen LogP contribution is -2.51. The predicted molar refractivity (Wildman–Crippen MR) is 88.0 cm³/mol. The number of rotatable bonds is 3. The maximum atomic E-state index is 12.2. The Labute approximate surface area is 132 Å². The molecule has 1 aromatic carbocycles.